The Hall–Kier alpha value is -0.280. The minimum atomic E-state index is 0.795. The molecule has 0 saturated heterocycles. The van der Waals surface area contributed by atoms with E-state index < -0.39 is 0 Å². The zero-order chi connectivity index (χ0) is 11.1. The van der Waals surface area contributed by atoms with Gasteiger partial charge in [-0.1, -0.05) is 22.9 Å². The first-order valence-electron chi connectivity index (χ1n) is 5.49. The van der Waals surface area contributed by atoms with Crippen LogP contribution in [0.15, 0.2) is 22.8 Å². The highest BCUT2D eigenvalue weighted by atomic mass is 79.9. The highest BCUT2D eigenvalue weighted by molar-refractivity contribution is 9.09. The van der Waals surface area contributed by atoms with E-state index in [-0.39, 0.29) is 0 Å². The van der Waals surface area contributed by atoms with Crippen molar-refractivity contribution in [3.63, 3.8) is 0 Å². The van der Waals surface area contributed by atoms with Crippen molar-refractivity contribution in [2.45, 2.75) is 26.3 Å². The average molecular weight is 274 g/mol. The predicted molar refractivity (Wildman–Crippen MR) is 67.2 cm³/mol. The maximum absolute atomic E-state index is 5.31. The van der Waals surface area contributed by atoms with Crippen LogP contribution in [0.2, 0.25) is 0 Å². The summed E-state index contributed by atoms with van der Waals surface area (Å²) in [5.41, 5.74) is 0. The monoisotopic (exact) mass is 273 g/mol. The fourth-order valence-electron chi connectivity index (χ4n) is 1.52. The molecule has 86 valence electrons. The van der Waals surface area contributed by atoms with Gasteiger partial charge in [-0.15, -0.1) is 0 Å². The summed E-state index contributed by atoms with van der Waals surface area (Å²) in [6.07, 6.45) is 4.24. The average Bonchev–Trinajstić information content (AvgIpc) is 2.68. The number of furan rings is 1. The molecule has 0 aliphatic carbocycles. The molecule has 1 rings (SSSR count). The lowest BCUT2D eigenvalue weighted by Gasteiger charge is -2.17. The van der Waals surface area contributed by atoms with Gasteiger partial charge in [-0.05, 0) is 44.5 Å². The number of rotatable bonds is 7. The van der Waals surface area contributed by atoms with Crippen molar-refractivity contribution < 1.29 is 4.42 Å². The second kappa shape index (κ2) is 7.07. The molecular weight excluding hydrogens is 254 g/mol. The number of nitrogens with zero attached hydrogens (tertiary/aromatic N) is 1. The van der Waals surface area contributed by atoms with Crippen molar-refractivity contribution in [3.8, 4) is 0 Å². The van der Waals surface area contributed by atoms with E-state index >= 15 is 0 Å². The molecular formula is C12H20BrNO. The van der Waals surface area contributed by atoms with Gasteiger partial charge in [-0.3, -0.25) is 4.90 Å². The Bertz CT molecular complexity index is 248. The minimum absolute atomic E-state index is 0.795. The van der Waals surface area contributed by atoms with Crippen molar-refractivity contribution >= 4 is 15.9 Å². The largest absolute Gasteiger partial charge is 0.468 e. The van der Waals surface area contributed by atoms with Crippen molar-refractivity contribution in [1.29, 1.82) is 0 Å². The minimum Gasteiger partial charge on any atom is -0.468 e. The van der Waals surface area contributed by atoms with Crippen LogP contribution in [0.5, 0.6) is 0 Å². The summed E-state index contributed by atoms with van der Waals surface area (Å²) < 4.78 is 5.31. The summed E-state index contributed by atoms with van der Waals surface area (Å²) in [6.45, 7) is 4.35. The zero-order valence-corrected chi connectivity index (χ0v) is 11.2. The first-order chi connectivity index (χ1) is 7.22. The van der Waals surface area contributed by atoms with Crippen LogP contribution in [-0.2, 0) is 6.54 Å². The first-order valence-corrected chi connectivity index (χ1v) is 6.61. The number of hydrogen-bond acceptors (Lipinski definition) is 2. The Morgan fingerprint density at radius 2 is 2.27 bits per heavy atom. The number of alkyl halides is 1. The van der Waals surface area contributed by atoms with Crippen molar-refractivity contribution in [2.24, 2.45) is 5.92 Å². The maximum Gasteiger partial charge on any atom is 0.117 e. The summed E-state index contributed by atoms with van der Waals surface area (Å²) >= 11 is 3.48. The third kappa shape index (κ3) is 5.38. The molecule has 15 heavy (non-hydrogen) atoms. The van der Waals surface area contributed by atoms with Crippen molar-refractivity contribution in [3.05, 3.63) is 24.2 Å². The molecule has 1 heterocycles. The SMILES string of the molecule is CC(CCBr)CCN(C)Cc1ccco1. The van der Waals surface area contributed by atoms with Crippen LogP contribution in [0.4, 0.5) is 0 Å². The fraction of sp³-hybridized carbons (Fsp3) is 0.667. The lowest BCUT2D eigenvalue weighted by atomic mass is 10.1. The molecule has 0 aliphatic rings. The van der Waals surface area contributed by atoms with Crippen molar-refractivity contribution in [1.82, 2.24) is 4.90 Å². The van der Waals surface area contributed by atoms with Crippen LogP contribution in [-0.4, -0.2) is 23.8 Å². The standard InChI is InChI=1S/C12H20BrNO/c1-11(5-7-13)6-8-14(2)10-12-4-3-9-15-12/h3-4,9,11H,5-8,10H2,1-2H3. The summed E-state index contributed by atoms with van der Waals surface area (Å²) in [6, 6.07) is 3.97. The van der Waals surface area contributed by atoms with E-state index in [1.807, 2.05) is 12.1 Å². The van der Waals surface area contributed by atoms with Gasteiger partial charge in [0.25, 0.3) is 0 Å². The maximum atomic E-state index is 5.31. The molecule has 0 spiro atoms. The lowest BCUT2D eigenvalue weighted by Crippen LogP contribution is -2.20. The van der Waals surface area contributed by atoms with Crippen LogP contribution >= 0.6 is 15.9 Å². The first kappa shape index (κ1) is 12.8. The van der Waals surface area contributed by atoms with E-state index in [1.54, 1.807) is 6.26 Å². The van der Waals surface area contributed by atoms with E-state index in [0.29, 0.717) is 0 Å². The summed E-state index contributed by atoms with van der Waals surface area (Å²) in [5.74, 6) is 1.84. The molecule has 0 N–H and O–H groups in total. The second-order valence-electron chi connectivity index (χ2n) is 4.19. The Morgan fingerprint density at radius 1 is 1.47 bits per heavy atom. The van der Waals surface area contributed by atoms with Crippen LogP contribution < -0.4 is 0 Å². The normalized spacial score (nSPS) is 13.3. The highest BCUT2D eigenvalue weighted by Gasteiger charge is 2.05. The van der Waals surface area contributed by atoms with Gasteiger partial charge in [0.05, 0.1) is 12.8 Å². The summed E-state index contributed by atoms with van der Waals surface area (Å²) in [4.78, 5) is 2.31. The van der Waals surface area contributed by atoms with E-state index in [9.17, 15) is 0 Å². The Labute approximate surface area is 101 Å². The molecule has 0 aliphatic heterocycles. The quantitative estimate of drug-likeness (QED) is 0.707. The smallest absolute Gasteiger partial charge is 0.117 e. The highest BCUT2D eigenvalue weighted by Crippen LogP contribution is 2.11. The van der Waals surface area contributed by atoms with Crippen LogP contribution in [0.1, 0.15) is 25.5 Å². The van der Waals surface area contributed by atoms with Gasteiger partial charge < -0.3 is 4.42 Å². The molecule has 1 atom stereocenters. The van der Waals surface area contributed by atoms with Gasteiger partial charge in [0.15, 0.2) is 0 Å². The van der Waals surface area contributed by atoms with Gasteiger partial charge in [0.1, 0.15) is 5.76 Å². The number of hydrogen-bond donors (Lipinski definition) is 0. The van der Waals surface area contributed by atoms with Crippen molar-refractivity contribution in [2.75, 3.05) is 18.9 Å². The Morgan fingerprint density at radius 3 is 2.87 bits per heavy atom. The topological polar surface area (TPSA) is 16.4 Å². The number of halogens is 1. The molecule has 3 heteroatoms. The Balaban J connectivity index is 2.16. The van der Waals surface area contributed by atoms with Crippen LogP contribution in [0.25, 0.3) is 0 Å². The van der Waals surface area contributed by atoms with Crippen LogP contribution in [0.3, 0.4) is 0 Å². The summed E-state index contributed by atoms with van der Waals surface area (Å²) in [5, 5.41) is 1.11. The molecule has 0 fully saturated rings. The van der Waals surface area contributed by atoms with Crippen LogP contribution in [0, 0.1) is 5.92 Å². The van der Waals surface area contributed by atoms with Gasteiger partial charge in [-0.25, -0.2) is 0 Å². The molecule has 0 aromatic carbocycles. The molecule has 0 amide bonds. The third-order valence-corrected chi connectivity index (χ3v) is 3.07. The molecule has 0 saturated carbocycles. The second-order valence-corrected chi connectivity index (χ2v) is 4.98. The van der Waals surface area contributed by atoms with E-state index in [0.717, 1.165) is 30.1 Å². The molecule has 1 unspecified atom stereocenters. The lowest BCUT2D eigenvalue weighted by molar-refractivity contribution is 0.273. The predicted octanol–water partition coefficient (Wildman–Crippen LogP) is 3.52. The molecule has 0 bridgehead atoms. The molecule has 2 nitrogen and oxygen atoms in total. The van der Waals surface area contributed by atoms with Gasteiger partial charge in [0, 0.05) is 5.33 Å². The summed E-state index contributed by atoms with van der Waals surface area (Å²) in [7, 11) is 2.14. The third-order valence-electron chi connectivity index (χ3n) is 2.61. The molecule has 0 radical (unpaired) electrons. The molecule has 1 aromatic rings. The van der Waals surface area contributed by atoms with Gasteiger partial charge >= 0.3 is 0 Å². The van der Waals surface area contributed by atoms with E-state index in [4.69, 9.17) is 4.42 Å². The van der Waals surface area contributed by atoms with E-state index in [2.05, 4.69) is 34.8 Å². The zero-order valence-electron chi connectivity index (χ0n) is 9.58. The van der Waals surface area contributed by atoms with Gasteiger partial charge in [-0.2, -0.15) is 0 Å². The van der Waals surface area contributed by atoms with E-state index in [1.165, 1.54) is 12.8 Å². The van der Waals surface area contributed by atoms with Gasteiger partial charge in [0.2, 0.25) is 0 Å². The Kier molecular flexibility index (Phi) is 6.03. The molecule has 1 aromatic heterocycles. The fourth-order valence-corrected chi connectivity index (χ4v) is 2.30.